The Kier molecular flexibility index (Phi) is 29.1. The van der Waals surface area contributed by atoms with Gasteiger partial charge >= 0.3 is 0 Å². The predicted octanol–water partition coefficient (Wildman–Crippen LogP) is 16.8. The van der Waals surface area contributed by atoms with Crippen molar-refractivity contribution in [1.29, 1.82) is 0 Å². The lowest BCUT2D eigenvalue weighted by Gasteiger charge is -2.32. The van der Waals surface area contributed by atoms with Gasteiger partial charge in [0.1, 0.15) is 0 Å². The zero-order chi connectivity index (χ0) is 32.7. The minimum atomic E-state index is 0.272. The summed E-state index contributed by atoms with van der Waals surface area (Å²) >= 11 is 0. The third-order valence-corrected chi connectivity index (χ3v) is 11.0. The molecule has 0 N–H and O–H groups in total. The number of rotatable bonds is 35. The summed E-state index contributed by atoms with van der Waals surface area (Å²) in [6.45, 7) is 11.7. The van der Waals surface area contributed by atoms with Gasteiger partial charge in [-0.3, -0.25) is 0 Å². The summed E-state index contributed by atoms with van der Waals surface area (Å²) in [7, 11) is 0. The van der Waals surface area contributed by atoms with Gasteiger partial charge in [0.2, 0.25) is 0 Å². The average Bonchev–Trinajstić information content (AvgIpc) is 3.33. The highest BCUT2D eigenvalue weighted by atomic mass is 14.4. The molecule has 0 aromatic carbocycles. The van der Waals surface area contributed by atoms with Gasteiger partial charge in [-0.25, -0.2) is 0 Å². The number of hydrogen-bond acceptors (Lipinski definition) is 0. The van der Waals surface area contributed by atoms with Gasteiger partial charge < -0.3 is 0 Å². The van der Waals surface area contributed by atoms with E-state index in [0.29, 0.717) is 0 Å². The first-order valence-corrected chi connectivity index (χ1v) is 21.6. The third kappa shape index (κ3) is 20.5. The molecule has 0 aromatic rings. The predicted molar refractivity (Wildman–Crippen MR) is 206 cm³/mol. The molecule has 45 heavy (non-hydrogen) atoms. The summed E-state index contributed by atoms with van der Waals surface area (Å²) in [6.07, 6.45) is 53.7. The van der Waals surface area contributed by atoms with Crippen LogP contribution < -0.4 is 0 Å². The van der Waals surface area contributed by atoms with E-state index < -0.39 is 0 Å². The van der Waals surface area contributed by atoms with E-state index in [1.165, 1.54) is 225 Å². The standard InChI is InChI=1S/C45H85/c1-6-11-16-21-26-31-36-42-41-45(39-34-29-24-19-14-9-4,40-35-30-25-20-15-10-5)44(38-33-28-23-18-13-8-3)43(42)37-32-27-22-17-12-7-2/h6-40H2,1-5H3. The molecular weight excluding hydrogens is 540 g/mol. The van der Waals surface area contributed by atoms with Gasteiger partial charge in [-0.05, 0) is 68.6 Å². The van der Waals surface area contributed by atoms with E-state index in [9.17, 15) is 0 Å². The van der Waals surface area contributed by atoms with Crippen LogP contribution in [0.3, 0.4) is 0 Å². The van der Waals surface area contributed by atoms with Gasteiger partial charge in [0, 0.05) is 5.41 Å². The summed E-state index contributed by atoms with van der Waals surface area (Å²) in [4.78, 5) is 0. The fraction of sp³-hybridized carbons (Fsp3) is 0.911. The van der Waals surface area contributed by atoms with Crippen molar-refractivity contribution in [2.45, 2.75) is 259 Å². The maximum absolute atomic E-state index is 4.48. The van der Waals surface area contributed by atoms with Crippen molar-refractivity contribution in [2.75, 3.05) is 0 Å². The van der Waals surface area contributed by atoms with E-state index in [1.54, 1.807) is 5.57 Å². The largest absolute Gasteiger partial charge is 0.0654 e. The fourth-order valence-electron chi connectivity index (χ4n) is 8.03. The lowest BCUT2D eigenvalue weighted by Crippen LogP contribution is -2.21. The van der Waals surface area contributed by atoms with Gasteiger partial charge in [-0.15, -0.1) is 0 Å². The SMILES string of the molecule is CCCCCCCCC1=[C]C(CCCCCCCC)(CCCCCCCC)C(CCCCCCCC)=C1CCCCCCCC. The Morgan fingerprint density at radius 2 is 0.644 bits per heavy atom. The molecule has 0 aromatic heterocycles. The lowest BCUT2D eigenvalue weighted by molar-refractivity contribution is 0.331. The first-order valence-electron chi connectivity index (χ1n) is 21.6. The molecule has 0 saturated carbocycles. The van der Waals surface area contributed by atoms with Crippen LogP contribution >= 0.6 is 0 Å². The van der Waals surface area contributed by atoms with Crippen LogP contribution in [-0.4, -0.2) is 0 Å². The summed E-state index contributed by atoms with van der Waals surface area (Å²) in [5.41, 5.74) is 5.77. The molecule has 0 fully saturated rings. The molecule has 0 atom stereocenters. The van der Waals surface area contributed by atoms with E-state index >= 15 is 0 Å². The van der Waals surface area contributed by atoms with Crippen molar-refractivity contribution in [3.8, 4) is 0 Å². The zero-order valence-corrected chi connectivity index (χ0v) is 32.2. The highest BCUT2D eigenvalue weighted by Gasteiger charge is 2.38. The van der Waals surface area contributed by atoms with E-state index in [0.717, 1.165) is 0 Å². The normalized spacial score (nSPS) is 14.6. The van der Waals surface area contributed by atoms with Crippen molar-refractivity contribution in [3.05, 3.63) is 22.8 Å². The molecule has 1 aliphatic carbocycles. The van der Waals surface area contributed by atoms with Crippen LogP contribution in [0.1, 0.15) is 259 Å². The Morgan fingerprint density at radius 3 is 1.04 bits per heavy atom. The van der Waals surface area contributed by atoms with Crippen molar-refractivity contribution in [3.63, 3.8) is 0 Å². The Hall–Kier alpha value is -0.520. The van der Waals surface area contributed by atoms with Gasteiger partial charge in [0.25, 0.3) is 0 Å². The minimum Gasteiger partial charge on any atom is -0.0654 e. The molecule has 0 bridgehead atoms. The van der Waals surface area contributed by atoms with Crippen LogP contribution in [-0.2, 0) is 0 Å². The van der Waals surface area contributed by atoms with Gasteiger partial charge in [-0.1, -0.05) is 214 Å². The highest BCUT2D eigenvalue weighted by molar-refractivity contribution is 5.46. The second-order valence-electron chi connectivity index (χ2n) is 15.2. The van der Waals surface area contributed by atoms with Crippen LogP contribution in [0.4, 0.5) is 0 Å². The number of hydrogen-bond donors (Lipinski definition) is 0. The maximum Gasteiger partial charge on any atom is 0.0173 e. The average molecular weight is 626 g/mol. The second-order valence-corrected chi connectivity index (χ2v) is 15.2. The molecule has 0 nitrogen and oxygen atoms in total. The minimum absolute atomic E-state index is 0.272. The van der Waals surface area contributed by atoms with Crippen LogP contribution in [0, 0.1) is 11.5 Å². The van der Waals surface area contributed by atoms with Crippen molar-refractivity contribution < 1.29 is 0 Å². The second kappa shape index (κ2) is 30.8. The molecule has 0 heterocycles. The summed E-state index contributed by atoms with van der Waals surface area (Å²) in [5.74, 6) is 0. The molecule has 0 spiro atoms. The molecule has 1 radical (unpaired) electrons. The quantitative estimate of drug-likeness (QED) is 0.0615. The van der Waals surface area contributed by atoms with Gasteiger partial charge in [-0.2, -0.15) is 0 Å². The Bertz CT molecular complexity index is 677. The summed E-state index contributed by atoms with van der Waals surface area (Å²) < 4.78 is 0. The Labute approximate surface area is 286 Å². The van der Waals surface area contributed by atoms with Crippen molar-refractivity contribution >= 4 is 0 Å². The van der Waals surface area contributed by atoms with E-state index in [2.05, 4.69) is 40.7 Å². The maximum atomic E-state index is 4.48. The topological polar surface area (TPSA) is 0 Å². The number of allylic oxidation sites excluding steroid dienone is 4. The molecule has 1 aliphatic rings. The lowest BCUT2D eigenvalue weighted by atomic mass is 9.71. The molecular formula is C45H85. The smallest absolute Gasteiger partial charge is 0.0173 e. The summed E-state index contributed by atoms with van der Waals surface area (Å²) in [5, 5.41) is 0. The molecule has 0 saturated heterocycles. The Morgan fingerprint density at radius 1 is 0.333 bits per heavy atom. The monoisotopic (exact) mass is 626 g/mol. The van der Waals surface area contributed by atoms with Crippen LogP contribution in [0.15, 0.2) is 16.7 Å². The van der Waals surface area contributed by atoms with Crippen molar-refractivity contribution in [1.82, 2.24) is 0 Å². The highest BCUT2D eigenvalue weighted by Crippen LogP contribution is 2.52. The first kappa shape index (κ1) is 42.5. The molecule has 0 unspecified atom stereocenters. The molecule has 0 aliphatic heterocycles. The molecule has 265 valence electrons. The van der Waals surface area contributed by atoms with E-state index in [4.69, 9.17) is 0 Å². The first-order chi connectivity index (χ1) is 22.2. The molecule has 0 heteroatoms. The van der Waals surface area contributed by atoms with Crippen LogP contribution in [0.2, 0.25) is 0 Å². The van der Waals surface area contributed by atoms with E-state index in [-0.39, 0.29) is 5.41 Å². The summed E-state index contributed by atoms with van der Waals surface area (Å²) in [6, 6.07) is 0. The van der Waals surface area contributed by atoms with Gasteiger partial charge in [0.05, 0.1) is 0 Å². The van der Waals surface area contributed by atoms with Crippen molar-refractivity contribution in [2.24, 2.45) is 5.41 Å². The Balaban J connectivity index is 3.20. The van der Waals surface area contributed by atoms with E-state index in [1.807, 2.05) is 11.1 Å². The van der Waals surface area contributed by atoms with Gasteiger partial charge in [0.15, 0.2) is 0 Å². The number of unbranched alkanes of at least 4 members (excludes halogenated alkanes) is 25. The third-order valence-electron chi connectivity index (χ3n) is 11.0. The molecule has 0 amide bonds. The van der Waals surface area contributed by atoms with Crippen LogP contribution in [0.5, 0.6) is 0 Å². The molecule has 1 rings (SSSR count). The fourth-order valence-corrected chi connectivity index (χ4v) is 8.03. The zero-order valence-electron chi connectivity index (χ0n) is 32.2. The van der Waals surface area contributed by atoms with Crippen LogP contribution in [0.25, 0.3) is 0 Å².